The number of hydrogen-bond donors (Lipinski definition) is 2. The summed E-state index contributed by atoms with van der Waals surface area (Å²) in [6.45, 7) is 3.95. The molecule has 0 unspecified atom stereocenters. The Kier molecular flexibility index (Phi) is 5.05. The molecule has 2 N–H and O–H groups in total. The minimum atomic E-state index is -0.133. The average Bonchev–Trinajstić information content (AvgIpc) is 2.84. The number of anilines is 1. The fourth-order valence-corrected chi connectivity index (χ4v) is 2.59. The van der Waals surface area contributed by atoms with Gasteiger partial charge in [0.1, 0.15) is 0 Å². The molecular weight excluding hydrogens is 286 g/mol. The normalized spacial score (nSPS) is 10.2. The predicted octanol–water partition coefficient (Wildman–Crippen LogP) is 2.38. The Balaban J connectivity index is 1.84. The van der Waals surface area contributed by atoms with Crippen molar-refractivity contribution >= 4 is 28.8 Å². The molecule has 0 radical (unpaired) electrons. The summed E-state index contributed by atoms with van der Waals surface area (Å²) in [6, 6.07) is 6.79. The fourth-order valence-electron chi connectivity index (χ4n) is 1.81. The molecule has 0 spiro atoms. The highest BCUT2D eigenvalue weighted by atomic mass is 32.1. The third kappa shape index (κ3) is 4.68. The van der Waals surface area contributed by atoms with Gasteiger partial charge in [0.15, 0.2) is 0 Å². The lowest BCUT2D eigenvalue weighted by Crippen LogP contribution is -2.25. The van der Waals surface area contributed by atoms with Crippen LogP contribution in [0, 0.1) is 6.92 Å². The second-order valence-corrected chi connectivity index (χ2v) is 5.59. The molecule has 2 rings (SSSR count). The van der Waals surface area contributed by atoms with Crippen molar-refractivity contribution in [1.29, 1.82) is 0 Å². The number of aromatic nitrogens is 1. The van der Waals surface area contributed by atoms with E-state index in [1.165, 1.54) is 6.92 Å². The number of nitrogens with zero attached hydrogens (tertiary/aromatic N) is 1. The summed E-state index contributed by atoms with van der Waals surface area (Å²) in [5.74, 6) is -0.261. The van der Waals surface area contributed by atoms with E-state index in [9.17, 15) is 9.59 Å². The lowest BCUT2D eigenvalue weighted by atomic mass is 10.2. The third-order valence-electron chi connectivity index (χ3n) is 2.76. The second-order valence-electron chi connectivity index (χ2n) is 4.65. The summed E-state index contributed by atoms with van der Waals surface area (Å²) in [4.78, 5) is 27.2. The van der Waals surface area contributed by atoms with Gasteiger partial charge >= 0.3 is 0 Å². The highest BCUT2D eigenvalue weighted by Crippen LogP contribution is 2.10. The maximum Gasteiger partial charge on any atom is 0.251 e. The van der Waals surface area contributed by atoms with Crippen LogP contribution in [0.5, 0.6) is 0 Å². The molecule has 6 heteroatoms. The summed E-state index contributed by atoms with van der Waals surface area (Å²) < 4.78 is 0. The summed E-state index contributed by atoms with van der Waals surface area (Å²) in [6.07, 6.45) is 0.730. The molecule has 0 atom stereocenters. The topological polar surface area (TPSA) is 71.1 Å². The van der Waals surface area contributed by atoms with Crippen LogP contribution in [0.2, 0.25) is 0 Å². The van der Waals surface area contributed by atoms with Crippen molar-refractivity contribution in [1.82, 2.24) is 10.3 Å². The smallest absolute Gasteiger partial charge is 0.251 e. The van der Waals surface area contributed by atoms with E-state index < -0.39 is 0 Å². The standard InChI is InChI=1S/C15H17N3O2S/c1-10-9-21-14(17-10)7-8-16-15(20)12-3-5-13(6-4-12)18-11(2)19/h3-6,9H,7-8H2,1-2H3,(H,16,20)(H,18,19). The van der Waals surface area contributed by atoms with Crippen molar-refractivity contribution in [2.45, 2.75) is 20.3 Å². The van der Waals surface area contributed by atoms with Gasteiger partial charge in [-0.1, -0.05) is 0 Å². The van der Waals surface area contributed by atoms with Crippen molar-refractivity contribution < 1.29 is 9.59 Å². The molecule has 5 nitrogen and oxygen atoms in total. The molecule has 2 amide bonds. The van der Waals surface area contributed by atoms with Gasteiger partial charge in [-0.2, -0.15) is 0 Å². The first-order valence-corrected chi connectivity index (χ1v) is 7.49. The van der Waals surface area contributed by atoms with Crippen LogP contribution in [0.4, 0.5) is 5.69 Å². The van der Waals surface area contributed by atoms with Crippen LogP contribution in [0.3, 0.4) is 0 Å². The molecule has 0 aliphatic heterocycles. The predicted molar refractivity (Wildman–Crippen MR) is 83.6 cm³/mol. The number of amides is 2. The van der Waals surface area contributed by atoms with E-state index in [0.717, 1.165) is 17.1 Å². The first kappa shape index (κ1) is 15.2. The summed E-state index contributed by atoms with van der Waals surface area (Å²) in [5.41, 5.74) is 2.26. The lowest BCUT2D eigenvalue weighted by Gasteiger charge is -2.06. The summed E-state index contributed by atoms with van der Waals surface area (Å²) >= 11 is 1.60. The average molecular weight is 303 g/mol. The van der Waals surface area contributed by atoms with Gasteiger partial charge in [0, 0.05) is 42.2 Å². The molecule has 0 bridgehead atoms. The van der Waals surface area contributed by atoms with Crippen LogP contribution in [-0.2, 0) is 11.2 Å². The van der Waals surface area contributed by atoms with Gasteiger partial charge < -0.3 is 10.6 Å². The SMILES string of the molecule is CC(=O)Nc1ccc(C(=O)NCCc2nc(C)cs2)cc1. The molecule has 0 aliphatic carbocycles. The number of carbonyl (C=O) groups excluding carboxylic acids is 2. The molecule has 1 aromatic carbocycles. The molecule has 0 saturated heterocycles. The van der Waals surface area contributed by atoms with Gasteiger partial charge in [-0.15, -0.1) is 11.3 Å². The van der Waals surface area contributed by atoms with Crippen LogP contribution in [0.15, 0.2) is 29.6 Å². The van der Waals surface area contributed by atoms with Crippen molar-refractivity contribution in [2.24, 2.45) is 0 Å². The Labute approximate surface area is 127 Å². The van der Waals surface area contributed by atoms with Crippen LogP contribution in [0.1, 0.15) is 28.0 Å². The van der Waals surface area contributed by atoms with Gasteiger partial charge in [-0.25, -0.2) is 4.98 Å². The number of aryl methyl sites for hydroxylation is 1. The molecule has 0 fully saturated rings. The van der Waals surface area contributed by atoms with E-state index in [-0.39, 0.29) is 11.8 Å². The summed E-state index contributed by atoms with van der Waals surface area (Å²) in [5, 5.41) is 8.54. The van der Waals surface area contributed by atoms with Gasteiger partial charge in [0.05, 0.1) is 5.01 Å². The van der Waals surface area contributed by atoms with E-state index in [1.807, 2.05) is 12.3 Å². The Bertz CT molecular complexity index is 635. The maximum atomic E-state index is 12.0. The van der Waals surface area contributed by atoms with Gasteiger partial charge in [0.2, 0.25) is 5.91 Å². The third-order valence-corrected chi connectivity index (χ3v) is 3.78. The quantitative estimate of drug-likeness (QED) is 0.891. The first-order chi connectivity index (χ1) is 10.0. The Morgan fingerprint density at radius 3 is 2.52 bits per heavy atom. The molecule has 2 aromatic rings. The van der Waals surface area contributed by atoms with E-state index in [1.54, 1.807) is 35.6 Å². The van der Waals surface area contributed by atoms with E-state index in [0.29, 0.717) is 17.8 Å². The van der Waals surface area contributed by atoms with E-state index >= 15 is 0 Å². The van der Waals surface area contributed by atoms with Crippen molar-refractivity contribution in [3.05, 3.63) is 45.9 Å². The zero-order valence-corrected chi connectivity index (χ0v) is 12.8. The van der Waals surface area contributed by atoms with Crippen LogP contribution in [0.25, 0.3) is 0 Å². The molecular formula is C15H17N3O2S. The van der Waals surface area contributed by atoms with Crippen molar-refractivity contribution in [3.63, 3.8) is 0 Å². The maximum absolute atomic E-state index is 12.0. The Morgan fingerprint density at radius 1 is 1.24 bits per heavy atom. The zero-order chi connectivity index (χ0) is 15.2. The lowest BCUT2D eigenvalue weighted by molar-refractivity contribution is -0.114. The largest absolute Gasteiger partial charge is 0.352 e. The second kappa shape index (κ2) is 6.99. The number of rotatable bonds is 5. The van der Waals surface area contributed by atoms with Crippen LogP contribution < -0.4 is 10.6 Å². The van der Waals surface area contributed by atoms with Gasteiger partial charge in [0.25, 0.3) is 5.91 Å². The van der Waals surface area contributed by atoms with Crippen molar-refractivity contribution in [3.8, 4) is 0 Å². The van der Waals surface area contributed by atoms with Crippen molar-refractivity contribution in [2.75, 3.05) is 11.9 Å². The molecule has 1 heterocycles. The highest BCUT2D eigenvalue weighted by molar-refractivity contribution is 7.09. The number of thiazole rings is 1. The first-order valence-electron chi connectivity index (χ1n) is 6.61. The molecule has 0 aliphatic rings. The zero-order valence-electron chi connectivity index (χ0n) is 12.0. The van der Waals surface area contributed by atoms with E-state index in [2.05, 4.69) is 15.6 Å². The Morgan fingerprint density at radius 2 is 1.95 bits per heavy atom. The minimum Gasteiger partial charge on any atom is -0.352 e. The molecule has 1 aromatic heterocycles. The van der Waals surface area contributed by atoms with Crippen LogP contribution in [-0.4, -0.2) is 23.3 Å². The number of hydrogen-bond acceptors (Lipinski definition) is 4. The number of nitrogens with one attached hydrogen (secondary N) is 2. The number of carbonyl (C=O) groups is 2. The monoisotopic (exact) mass is 303 g/mol. The molecule has 0 saturated carbocycles. The molecule has 21 heavy (non-hydrogen) atoms. The minimum absolute atomic E-state index is 0.127. The fraction of sp³-hybridized carbons (Fsp3) is 0.267. The Hall–Kier alpha value is -2.21. The van der Waals surface area contributed by atoms with Crippen LogP contribution >= 0.6 is 11.3 Å². The number of benzene rings is 1. The molecule has 110 valence electrons. The van der Waals surface area contributed by atoms with E-state index in [4.69, 9.17) is 0 Å². The summed E-state index contributed by atoms with van der Waals surface area (Å²) in [7, 11) is 0. The highest BCUT2D eigenvalue weighted by Gasteiger charge is 2.06. The van der Waals surface area contributed by atoms with Gasteiger partial charge in [-0.05, 0) is 31.2 Å². The van der Waals surface area contributed by atoms with Gasteiger partial charge in [-0.3, -0.25) is 9.59 Å².